The van der Waals surface area contributed by atoms with E-state index in [0.29, 0.717) is 18.8 Å². The number of halogens is 1. The van der Waals surface area contributed by atoms with Gasteiger partial charge in [0.05, 0.1) is 6.61 Å². The van der Waals surface area contributed by atoms with Crippen molar-refractivity contribution in [3.8, 4) is 5.75 Å². The van der Waals surface area contributed by atoms with Crippen LogP contribution in [0.1, 0.15) is 31.4 Å². The summed E-state index contributed by atoms with van der Waals surface area (Å²) >= 11 is 0. The van der Waals surface area contributed by atoms with Crippen LogP contribution in [-0.2, 0) is 4.79 Å². The lowest BCUT2D eigenvalue weighted by molar-refractivity contribution is -0.116. The number of ether oxygens (including phenoxy) is 1. The SMILES string of the molecule is Cc1cc(NC(=O)CCCCCOc2ccc(F)cc2)ccn1. The fourth-order valence-corrected chi connectivity index (χ4v) is 2.13. The summed E-state index contributed by atoms with van der Waals surface area (Å²) in [6.45, 7) is 2.45. The zero-order chi connectivity index (χ0) is 16.5. The highest BCUT2D eigenvalue weighted by Gasteiger charge is 2.03. The third-order valence-electron chi connectivity index (χ3n) is 3.31. The van der Waals surface area contributed by atoms with Crippen molar-refractivity contribution in [2.24, 2.45) is 0 Å². The second-order valence-electron chi connectivity index (χ2n) is 5.35. The zero-order valence-corrected chi connectivity index (χ0v) is 13.2. The van der Waals surface area contributed by atoms with E-state index in [2.05, 4.69) is 10.3 Å². The first-order valence-electron chi connectivity index (χ1n) is 7.74. The number of pyridine rings is 1. The first-order chi connectivity index (χ1) is 11.1. The minimum atomic E-state index is -0.271. The molecule has 0 atom stereocenters. The summed E-state index contributed by atoms with van der Waals surface area (Å²) in [6.07, 6.45) is 4.74. The van der Waals surface area contributed by atoms with Gasteiger partial charge in [0.25, 0.3) is 0 Å². The zero-order valence-electron chi connectivity index (χ0n) is 13.2. The van der Waals surface area contributed by atoms with Crippen LogP contribution in [0.15, 0.2) is 42.6 Å². The summed E-state index contributed by atoms with van der Waals surface area (Å²) in [6, 6.07) is 9.59. The molecule has 0 fully saturated rings. The second kappa shape index (κ2) is 8.88. The highest BCUT2D eigenvalue weighted by atomic mass is 19.1. The molecule has 0 aliphatic carbocycles. The van der Waals surface area contributed by atoms with E-state index in [1.165, 1.54) is 12.1 Å². The topological polar surface area (TPSA) is 51.2 Å². The third-order valence-corrected chi connectivity index (χ3v) is 3.31. The van der Waals surface area contributed by atoms with Crippen LogP contribution in [0, 0.1) is 12.7 Å². The van der Waals surface area contributed by atoms with E-state index in [1.807, 2.05) is 13.0 Å². The van der Waals surface area contributed by atoms with Gasteiger partial charge in [0.1, 0.15) is 11.6 Å². The van der Waals surface area contributed by atoms with Gasteiger partial charge in [0.15, 0.2) is 0 Å². The van der Waals surface area contributed by atoms with Gasteiger partial charge in [-0.2, -0.15) is 0 Å². The number of nitrogens with zero attached hydrogens (tertiary/aromatic N) is 1. The first kappa shape index (κ1) is 16.9. The van der Waals surface area contributed by atoms with Crippen LogP contribution in [0.25, 0.3) is 0 Å². The van der Waals surface area contributed by atoms with Gasteiger partial charge >= 0.3 is 0 Å². The number of unbranched alkanes of at least 4 members (excludes halogenated alkanes) is 2. The van der Waals surface area contributed by atoms with E-state index in [1.54, 1.807) is 24.4 Å². The Kier molecular flexibility index (Phi) is 6.54. The molecular formula is C18H21FN2O2. The van der Waals surface area contributed by atoms with E-state index in [4.69, 9.17) is 4.74 Å². The minimum absolute atomic E-state index is 0.00931. The normalized spacial score (nSPS) is 10.3. The number of nitrogens with one attached hydrogen (secondary N) is 1. The Morgan fingerprint density at radius 2 is 1.96 bits per heavy atom. The molecule has 1 N–H and O–H groups in total. The first-order valence-corrected chi connectivity index (χ1v) is 7.74. The van der Waals surface area contributed by atoms with Gasteiger partial charge in [-0.3, -0.25) is 9.78 Å². The molecule has 0 spiro atoms. The maximum Gasteiger partial charge on any atom is 0.224 e. The summed E-state index contributed by atoms with van der Waals surface area (Å²) in [4.78, 5) is 15.9. The molecule has 0 saturated carbocycles. The molecule has 2 aromatic rings. The summed E-state index contributed by atoms with van der Waals surface area (Å²) in [5, 5.41) is 2.86. The summed E-state index contributed by atoms with van der Waals surface area (Å²) in [7, 11) is 0. The van der Waals surface area contributed by atoms with Crippen LogP contribution in [0.3, 0.4) is 0 Å². The summed E-state index contributed by atoms with van der Waals surface area (Å²) < 4.78 is 18.2. The largest absolute Gasteiger partial charge is 0.494 e. The number of aromatic nitrogens is 1. The molecule has 1 aromatic carbocycles. The molecule has 23 heavy (non-hydrogen) atoms. The smallest absolute Gasteiger partial charge is 0.224 e. The van der Waals surface area contributed by atoms with Crippen LogP contribution in [0.4, 0.5) is 10.1 Å². The van der Waals surface area contributed by atoms with Crippen molar-refractivity contribution in [1.82, 2.24) is 4.98 Å². The van der Waals surface area contributed by atoms with E-state index in [0.717, 1.165) is 30.6 Å². The van der Waals surface area contributed by atoms with Crippen molar-refractivity contribution in [1.29, 1.82) is 0 Å². The number of rotatable bonds is 8. The van der Waals surface area contributed by atoms with Gasteiger partial charge in [-0.15, -0.1) is 0 Å². The van der Waals surface area contributed by atoms with Gasteiger partial charge in [0, 0.05) is 24.0 Å². The maximum atomic E-state index is 12.7. The Bertz CT molecular complexity index is 629. The summed E-state index contributed by atoms with van der Waals surface area (Å²) in [5.41, 5.74) is 1.66. The van der Waals surface area contributed by atoms with Crippen molar-refractivity contribution in [3.63, 3.8) is 0 Å². The predicted molar refractivity (Wildman–Crippen MR) is 88.0 cm³/mol. The molecule has 4 nitrogen and oxygen atoms in total. The van der Waals surface area contributed by atoms with Crippen molar-refractivity contribution in [3.05, 3.63) is 54.1 Å². The molecule has 1 aromatic heterocycles. The predicted octanol–water partition coefficient (Wildman–Crippen LogP) is 4.11. The minimum Gasteiger partial charge on any atom is -0.494 e. The van der Waals surface area contributed by atoms with Crippen LogP contribution in [-0.4, -0.2) is 17.5 Å². The molecule has 0 aliphatic rings. The number of anilines is 1. The molecule has 0 radical (unpaired) electrons. The van der Waals surface area contributed by atoms with Crippen molar-refractivity contribution < 1.29 is 13.9 Å². The lowest BCUT2D eigenvalue weighted by Gasteiger charge is -2.07. The number of hydrogen-bond donors (Lipinski definition) is 1. The second-order valence-corrected chi connectivity index (χ2v) is 5.35. The molecule has 5 heteroatoms. The number of benzene rings is 1. The van der Waals surface area contributed by atoms with Crippen LogP contribution in [0.2, 0.25) is 0 Å². The fraction of sp³-hybridized carbons (Fsp3) is 0.333. The Hall–Kier alpha value is -2.43. The molecular weight excluding hydrogens is 295 g/mol. The van der Waals surface area contributed by atoms with E-state index in [9.17, 15) is 9.18 Å². The third kappa shape index (κ3) is 6.46. The molecule has 1 amide bonds. The average molecular weight is 316 g/mol. The van der Waals surface area contributed by atoms with E-state index < -0.39 is 0 Å². The van der Waals surface area contributed by atoms with Crippen LogP contribution >= 0.6 is 0 Å². The quantitative estimate of drug-likeness (QED) is 0.746. The van der Waals surface area contributed by atoms with Gasteiger partial charge in [-0.1, -0.05) is 0 Å². The molecule has 0 unspecified atom stereocenters. The van der Waals surface area contributed by atoms with Crippen LogP contribution in [0.5, 0.6) is 5.75 Å². The maximum absolute atomic E-state index is 12.7. The molecule has 122 valence electrons. The number of aryl methyl sites for hydroxylation is 1. The number of hydrogen-bond acceptors (Lipinski definition) is 3. The highest BCUT2D eigenvalue weighted by Crippen LogP contribution is 2.12. The van der Waals surface area contributed by atoms with E-state index >= 15 is 0 Å². The number of amides is 1. The molecule has 1 heterocycles. The summed E-state index contributed by atoms with van der Waals surface area (Å²) in [5.74, 6) is 0.403. The number of carbonyl (C=O) groups excluding carboxylic acids is 1. The molecule has 2 rings (SSSR count). The average Bonchev–Trinajstić information content (AvgIpc) is 2.52. The van der Waals surface area contributed by atoms with Gasteiger partial charge in [-0.05, 0) is 62.6 Å². The van der Waals surface area contributed by atoms with Gasteiger partial charge in [-0.25, -0.2) is 4.39 Å². The highest BCUT2D eigenvalue weighted by molar-refractivity contribution is 5.90. The molecule has 0 saturated heterocycles. The molecule has 0 aliphatic heterocycles. The standard InChI is InChI=1S/C18H21FN2O2/c1-14-13-16(10-11-20-14)21-18(22)5-3-2-4-12-23-17-8-6-15(19)7-9-17/h6-11,13H,2-5,12H2,1H3,(H,20,21,22). The lowest BCUT2D eigenvalue weighted by atomic mass is 10.2. The Labute approximate surface area is 135 Å². The van der Waals surface area contributed by atoms with Crippen LogP contribution < -0.4 is 10.1 Å². The van der Waals surface area contributed by atoms with Gasteiger partial charge < -0.3 is 10.1 Å². The van der Waals surface area contributed by atoms with E-state index in [-0.39, 0.29) is 11.7 Å². The molecule has 0 bridgehead atoms. The Balaban J connectivity index is 1.56. The lowest BCUT2D eigenvalue weighted by Crippen LogP contribution is -2.11. The van der Waals surface area contributed by atoms with Crippen molar-refractivity contribution in [2.75, 3.05) is 11.9 Å². The van der Waals surface area contributed by atoms with Gasteiger partial charge in [0.2, 0.25) is 5.91 Å². The number of carbonyl (C=O) groups is 1. The monoisotopic (exact) mass is 316 g/mol. The fourth-order valence-electron chi connectivity index (χ4n) is 2.13. The Morgan fingerprint density at radius 3 is 2.70 bits per heavy atom. The Morgan fingerprint density at radius 1 is 1.17 bits per heavy atom. The van der Waals surface area contributed by atoms with Crippen molar-refractivity contribution >= 4 is 11.6 Å². The van der Waals surface area contributed by atoms with Crippen molar-refractivity contribution in [2.45, 2.75) is 32.6 Å².